The predicted molar refractivity (Wildman–Crippen MR) is 22.4 cm³/mol. The maximum absolute atomic E-state index is 9.62. The second kappa shape index (κ2) is 184. The Balaban J connectivity index is -0.00000000333. The Morgan fingerprint density at radius 2 is 0.714 bits per heavy atom. The van der Waals surface area contributed by atoms with E-state index in [0.29, 0.717) is 0 Å². The van der Waals surface area contributed by atoms with Crippen LogP contribution in [0.2, 0.25) is 0 Å². The average Bonchev–Trinajstić information content (AvgIpc) is 0.918. The zero-order valence-electron chi connectivity index (χ0n) is 3.46. The molecule has 0 aromatic carbocycles. The molecule has 0 spiro atoms. The summed E-state index contributed by atoms with van der Waals surface area (Å²) in [5.41, 5.74) is 0. The Kier molecular flexibility index (Phi) is 1780. The summed E-state index contributed by atoms with van der Waals surface area (Å²) in [4.78, 5) is 0. The van der Waals surface area contributed by atoms with Gasteiger partial charge in [-0.05, 0) is 0 Å². The molecule has 8 N–H and O–H groups in total. The van der Waals surface area contributed by atoms with Crippen LogP contribution in [0.15, 0.2) is 0 Å². The summed E-state index contributed by atoms with van der Waals surface area (Å²) in [5.74, 6) is 0. The summed E-state index contributed by atoms with van der Waals surface area (Å²) in [6.07, 6.45) is 0. The molecule has 0 rings (SSSR count). The molecular formula is H8BeF2O4. The maximum atomic E-state index is 9.62. The van der Waals surface area contributed by atoms with Gasteiger partial charge in [-0.15, -0.1) is 0 Å². The van der Waals surface area contributed by atoms with Crippen molar-refractivity contribution in [1.29, 1.82) is 0 Å². The Hall–Kier alpha value is -0.131. The number of rotatable bonds is 0. The zero-order valence-corrected chi connectivity index (χ0v) is 3.46. The van der Waals surface area contributed by atoms with E-state index in [-0.39, 0.29) is 21.9 Å². The van der Waals surface area contributed by atoms with E-state index in [1.165, 1.54) is 0 Å². The summed E-state index contributed by atoms with van der Waals surface area (Å²) in [6.45, 7) is 0. The average molecular weight is 119 g/mol. The molecule has 0 fully saturated rings. The summed E-state index contributed by atoms with van der Waals surface area (Å²) < 4.78 is 19.2. The van der Waals surface area contributed by atoms with Gasteiger partial charge in [0.25, 0.3) is 0 Å². The van der Waals surface area contributed by atoms with Crippen molar-refractivity contribution in [3.05, 3.63) is 0 Å². The van der Waals surface area contributed by atoms with E-state index < -0.39 is 9.41 Å². The van der Waals surface area contributed by atoms with Gasteiger partial charge in [0.1, 0.15) is 0 Å². The molecule has 0 aliphatic carbocycles. The van der Waals surface area contributed by atoms with Crippen LogP contribution in [0.1, 0.15) is 0 Å². The summed E-state index contributed by atoms with van der Waals surface area (Å²) in [5, 5.41) is 0. The van der Waals surface area contributed by atoms with Gasteiger partial charge in [0.05, 0.1) is 0 Å². The molecule has 0 radical (unpaired) electrons. The Morgan fingerprint density at radius 1 is 0.714 bits per heavy atom. The van der Waals surface area contributed by atoms with Gasteiger partial charge < -0.3 is 21.9 Å². The normalized spacial score (nSPS) is 1.43. The van der Waals surface area contributed by atoms with Crippen LogP contribution in [-0.2, 0) is 0 Å². The fourth-order valence-electron chi connectivity index (χ4n) is 0. The third kappa shape index (κ3) is 5110. The van der Waals surface area contributed by atoms with E-state index in [0.717, 1.165) is 0 Å². The quantitative estimate of drug-likeness (QED) is 0.304. The van der Waals surface area contributed by atoms with Crippen LogP contribution >= 0.6 is 0 Å². The molecule has 0 bridgehead atoms. The van der Waals surface area contributed by atoms with Crippen molar-refractivity contribution in [2.75, 3.05) is 0 Å². The van der Waals surface area contributed by atoms with Crippen LogP contribution in [0.25, 0.3) is 0 Å². The van der Waals surface area contributed by atoms with Gasteiger partial charge in [0.2, 0.25) is 0 Å². The molecule has 0 aliphatic heterocycles. The van der Waals surface area contributed by atoms with Crippen molar-refractivity contribution >= 4 is 9.41 Å². The van der Waals surface area contributed by atoms with Gasteiger partial charge in [-0.25, -0.2) is 0 Å². The van der Waals surface area contributed by atoms with Crippen molar-refractivity contribution in [2.24, 2.45) is 0 Å². The molecule has 0 aromatic heterocycles. The van der Waals surface area contributed by atoms with E-state index in [1.807, 2.05) is 0 Å². The predicted octanol–water partition coefficient (Wildman–Crippen LogP) is -2.84. The standard InChI is InChI=1S/Be.2FH.4H2O/h;2*1H;4*1H2/q+2;;;;;;/p-2. The fourth-order valence-corrected chi connectivity index (χ4v) is 0. The first-order valence-corrected chi connectivity index (χ1v) is 0.535. The minimum absolute atomic E-state index is 0. The molecular weight excluding hydrogens is 111 g/mol. The van der Waals surface area contributed by atoms with E-state index in [1.54, 1.807) is 0 Å². The second-order valence-electron chi connectivity index (χ2n) is 0.101. The monoisotopic (exact) mass is 119 g/mol. The third-order valence-electron chi connectivity index (χ3n) is 0. The molecule has 0 aromatic rings. The van der Waals surface area contributed by atoms with E-state index in [4.69, 9.17) is 0 Å². The Labute approximate surface area is 40.9 Å². The molecule has 0 unspecified atom stereocenters. The van der Waals surface area contributed by atoms with Gasteiger partial charge >= 0.3 is 17.8 Å². The number of hydrogen-bond acceptors (Lipinski definition) is 0. The number of halogens is 2. The summed E-state index contributed by atoms with van der Waals surface area (Å²) in [7, 11) is -1.75. The Morgan fingerprint density at radius 3 is 0.714 bits per heavy atom. The van der Waals surface area contributed by atoms with Gasteiger partial charge in [0, 0.05) is 0 Å². The first-order chi connectivity index (χ1) is 1.41. The molecule has 0 saturated carbocycles. The van der Waals surface area contributed by atoms with Crippen molar-refractivity contribution in [3.8, 4) is 0 Å². The molecule has 48 valence electrons. The van der Waals surface area contributed by atoms with Crippen LogP contribution in [-0.4, -0.2) is 31.3 Å². The van der Waals surface area contributed by atoms with Crippen LogP contribution in [0.4, 0.5) is 8.36 Å². The Bertz CT molecular complexity index is 9.65. The fraction of sp³-hybridized carbons (Fsp3) is 0. The topological polar surface area (TPSA) is 126 Å². The second-order valence-corrected chi connectivity index (χ2v) is 0.101. The van der Waals surface area contributed by atoms with Gasteiger partial charge in [-0.3, -0.25) is 0 Å². The van der Waals surface area contributed by atoms with E-state index >= 15 is 0 Å². The van der Waals surface area contributed by atoms with E-state index in [2.05, 4.69) is 0 Å². The molecule has 0 saturated heterocycles. The first-order valence-electron chi connectivity index (χ1n) is 0.535. The molecule has 0 amide bonds. The number of hydrogen-bond donors (Lipinski definition) is 0. The molecule has 0 heterocycles. The van der Waals surface area contributed by atoms with E-state index in [9.17, 15) is 8.36 Å². The van der Waals surface area contributed by atoms with Crippen molar-refractivity contribution < 1.29 is 30.3 Å². The van der Waals surface area contributed by atoms with Gasteiger partial charge in [-0.2, -0.15) is 0 Å². The molecule has 4 nitrogen and oxygen atoms in total. The van der Waals surface area contributed by atoms with Crippen LogP contribution in [0.5, 0.6) is 0 Å². The van der Waals surface area contributed by atoms with Crippen molar-refractivity contribution in [2.45, 2.75) is 0 Å². The van der Waals surface area contributed by atoms with Crippen molar-refractivity contribution in [1.82, 2.24) is 0 Å². The third-order valence-corrected chi connectivity index (χ3v) is 0. The van der Waals surface area contributed by atoms with Gasteiger partial charge in [-0.1, -0.05) is 0 Å². The molecule has 7 heteroatoms. The molecule has 0 aliphatic rings. The van der Waals surface area contributed by atoms with Crippen LogP contribution < -0.4 is 0 Å². The molecule has 0 atom stereocenters. The summed E-state index contributed by atoms with van der Waals surface area (Å²) in [6, 6.07) is 0. The minimum atomic E-state index is -1.75. The van der Waals surface area contributed by atoms with Gasteiger partial charge in [0.15, 0.2) is 0 Å². The molecule has 7 heavy (non-hydrogen) atoms. The SMILES string of the molecule is O.O.O.O.[F][Be][F]. The first kappa shape index (κ1) is 67.7. The summed E-state index contributed by atoms with van der Waals surface area (Å²) >= 11 is 0. The zero-order chi connectivity index (χ0) is 2.71. The van der Waals surface area contributed by atoms with Crippen molar-refractivity contribution in [3.63, 3.8) is 0 Å². The van der Waals surface area contributed by atoms with Crippen LogP contribution in [0.3, 0.4) is 0 Å². The van der Waals surface area contributed by atoms with Crippen LogP contribution in [0, 0.1) is 0 Å².